The minimum atomic E-state index is -4.40. The monoisotopic (exact) mass is 524 g/mol. The number of urea groups is 1. The van der Waals surface area contributed by atoms with Crippen LogP contribution in [0.2, 0.25) is 0 Å². The molecule has 9 nitrogen and oxygen atoms in total. The number of piperazine rings is 2. The highest BCUT2D eigenvalue weighted by molar-refractivity contribution is 7.13. The number of aromatic nitrogens is 1. The number of nitrogens with zero attached hydrogens (tertiary/aromatic N) is 5. The zero-order chi connectivity index (χ0) is 25.9. The van der Waals surface area contributed by atoms with E-state index in [1.54, 1.807) is 26.1 Å². The van der Waals surface area contributed by atoms with Crippen molar-refractivity contribution >= 4 is 40.0 Å². The Kier molecular flexibility index (Phi) is 7.67. The summed E-state index contributed by atoms with van der Waals surface area (Å²) in [6.45, 7) is 5.02. The molecular formula is C23H27F3N6O3S. The largest absolute Gasteiger partial charge is 0.416 e. The van der Waals surface area contributed by atoms with E-state index in [1.165, 1.54) is 24.3 Å². The van der Waals surface area contributed by atoms with Gasteiger partial charge in [0.2, 0.25) is 11.8 Å². The molecule has 13 heteroatoms. The van der Waals surface area contributed by atoms with Gasteiger partial charge in [-0.1, -0.05) is 6.07 Å². The number of benzene rings is 1. The van der Waals surface area contributed by atoms with E-state index in [4.69, 9.17) is 0 Å². The molecule has 2 aliphatic heterocycles. The van der Waals surface area contributed by atoms with Crippen LogP contribution in [-0.2, 0) is 22.2 Å². The Morgan fingerprint density at radius 2 is 1.61 bits per heavy atom. The molecule has 0 bridgehead atoms. The smallest absolute Gasteiger partial charge is 0.368 e. The molecule has 36 heavy (non-hydrogen) atoms. The van der Waals surface area contributed by atoms with Crippen LogP contribution >= 0.6 is 11.3 Å². The number of anilines is 2. The van der Waals surface area contributed by atoms with Crippen LogP contribution in [0.5, 0.6) is 0 Å². The van der Waals surface area contributed by atoms with Gasteiger partial charge in [-0.3, -0.25) is 14.9 Å². The highest BCUT2D eigenvalue weighted by Crippen LogP contribution is 2.32. The van der Waals surface area contributed by atoms with Crippen LogP contribution in [0.1, 0.15) is 18.2 Å². The van der Waals surface area contributed by atoms with Gasteiger partial charge in [-0.2, -0.15) is 13.2 Å². The molecular weight excluding hydrogens is 497 g/mol. The average Bonchev–Trinajstić information content (AvgIpc) is 3.30. The topological polar surface area (TPSA) is 89.1 Å². The van der Waals surface area contributed by atoms with Gasteiger partial charge in [-0.15, -0.1) is 11.3 Å². The lowest BCUT2D eigenvalue weighted by molar-refractivity contribution is -0.137. The fourth-order valence-electron chi connectivity index (χ4n) is 4.20. The maximum absolute atomic E-state index is 13.0. The van der Waals surface area contributed by atoms with Crippen LogP contribution < -0.4 is 10.2 Å². The van der Waals surface area contributed by atoms with Crippen LogP contribution in [-0.4, -0.2) is 89.9 Å². The van der Waals surface area contributed by atoms with Gasteiger partial charge < -0.3 is 19.6 Å². The van der Waals surface area contributed by atoms with Gasteiger partial charge in [0.15, 0.2) is 5.13 Å². The summed E-state index contributed by atoms with van der Waals surface area (Å²) in [6.07, 6.45) is -4.32. The average molecular weight is 525 g/mol. The zero-order valence-corrected chi connectivity index (χ0v) is 20.6. The molecule has 0 atom stereocenters. The van der Waals surface area contributed by atoms with Gasteiger partial charge in [0.1, 0.15) is 0 Å². The van der Waals surface area contributed by atoms with E-state index in [-0.39, 0.29) is 24.3 Å². The molecule has 0 spiro atoms. The molecule has 0 saturated carbocycles. The molecule has 4 amide bonds. The second-order valence-corrected chi connectivity index (χ2v) is 9.52. The summed E-state index contributed by atoms with van der Waals surface area (Å²) in [6, 6.07) is 4.91. The molecule has 0 aliphatic carbocycles. The summed E-state index contributed by atoms with van der Waals surface area (Å²) in [7, 11) is 0. The minimum Gasteiger partial charge on any atom is -0.368 e. The van der Waals surface area contributed by atoms with Gasteiger partial charge in [-0.05, 0) is 18.2 Å². The van der Waals surface area contributed by atoms with Crippen LogP contribution in [0.3, 0.4) is 0 Å². The number of nitrogens with one attached hydrogen (secondary N) is 1. The Balaban J connectivity index is 1.25. The lowest BCUT2D eigenvalue weighted by atomic mass is 10.1. The van der Waals surface area contributed by atoms with Gasteiger partial charge in [0.25, 0.3) is 0 Å². The molecule has 3 heterocycles. The van der Waals surface area contributed by atoms with E-state index in [0.29, 0.717) is 68.9 Å². The Morgan fingerprint density at radius 1 is 0.972 bits per heavy atom. The summed E-state index contributed by atoms with van der Waals surface area (Å²) in [5.74, 6) is -0.136. The first kappa shape index (κ1) is 25.7. The van der Waals surface area contributed by atoms with E-state index in [1.807, 2.05) is 4.90 Å². The summed E-state index contributed by atoms with van der Waals surface area (Å²) in [4.78, 5) is 47.8. The minimum absolute atomic E-state index is 0.0126. The number of thiazole rings is 1. The quantitative estimate of drug-likeness (QED) is 0.665. The van der Waals surface area contributed by atoms with Gasteiger partial charge >= 0.3 is 12.2 Å². The maximum atomic E-state index is 13.0. The van der Waals surface area contributed by atoms with Crippen LogP contribution in [0, 0.1) is 0 Å². The second kappa shape index (κ2) is 10.7. The molecule has 1 aromatic carbocycles. The zero-order valence-electron chi connectivity index (χ0n) is 19.8. The third-order valence-electron chi connectivity index (χ3n) is 6.28. The van der Waals surface area contributed by atoms with Crippen molar-refractivity contribution in [3.8, 4) is 0 Å². The highest BCUT2D eigenvalue weighted by Gasteiger charge is 2.31. The maximum Gasteiger partial charge on any atom is 0.416 e. The predicted molar refractivity (Wildman–Crippen MR) is 129 cm³/mol. The van der Waals surface area contributed by atoms with E-state index < -0.39 is 11.7 Å². The summed E-state index contributed by atoms with van der Waals surface area (Å²) in [5.41, 5.74) is 0.338. The standard InChI is InChI=1S/C23H27F3N6O3S/c1-16(33)29-5-11-32(12-6-29)22(35)28-21-27-18(15-36-21)14-20(34)31-9-7-30(8-10-31)19-4-2-3-17(13-19)23(24,25)26/h2-4,13,15H,5-12,14H2,1H3,(H,27,28,35). The highest BCUT2D eigenvalue weighted by atomic mass is 32.1. The molecule has 194 valence electrons. The fourth-order valence-corrected chi connectivity index (χ4v) is 4.90. The Bertz CT molecular complexity index is 1110. The van der Waals surface area contributed by atoms with Crippen molar-refractivity contribution in [2.45, 2.75) is 19.5 Å². The van der Waals surface area contributed by atoms with Gasteiger partial charge in [0, 0.05) is 70.3 Å². The molecule has 0 unspecified atom stereocenters. The molecule has 2 saturated heterocycles. The molecule has 2 aromatic rings. The number of hydrogen-bond acceptors (Lipinski definition) is 6. The van der Waals surface area contributed by atoms with Crippen molar-refractivity contribution in [1.82, 2.24) is 19.7 Å². The van der Waals surface area contributed by atoms with E-state index in [0.717, 1.165) is 12.1 Å². The summed E-state index contributed by atoms with van der Waals surface area (Å²) >= 11 is 1.23. The Morgan fingerprint density at radius 3 is 2.25 bits per heavy atom. The number of carbonyl (C=O) groups excluding carboxylic acids is 3. The first-order valence-electron chi connectivity index (χ1n) is 11.6. The number of amides is 4. The fraction of sp³-hybridized carbons (Fsp3) is 0.478. The second-order valence-electron chi connectivity index (χ2n) is 8.66. The van der Waals surface area contributed by atoms with Crippen molar-refractivity contribution < 1.29 is 27.6 Å². The van der Waals surface area contributed by atoms with Gasteiger partial charge in [-0.25, -0.2) is 9.78 Å². The van der Waals surface area contributed by atoms with Crippen molar-refractivity contribution in [1.29, 1.82) is 0 Å². The predicted octanol–water partition coefficient (Wildman–Crippen LogP) is 2.75. The summed E-state index contributed by atoms with van der Waals surface area (Å²) < 4.78 is 39.0. The first-order valence-corrected chi connectivity index (χ1v) is 12.4. The summed E-state index contributed by atoms with van der Waals surface area (Å²) in [5, 5.41) is 4.86. The van der Waals surface area contributed by atoms with Crippen molar-refractivity contribution in [2.24, 2.45) is 0 Å². The Labute approximate surface area is 210 Å². The molecule has 1 aromatic heterocycles. The molecule has 2 aliphatic rings. The SMILES string of the molecule is CC(=O)N1CCN(C(=O)Nc2nc(CC(=O)N3CCN(c4cccc(C(F)(F)F)c4)CC3)cs2)CC1. The number of halogens is 3. The van der Waals surface area contributed by atoms with Crippen LogP contribution in [0.15, 0.2) is 29.6 Å². The third kappa shape index (κ3) is 6.25. The number of hydrogen-bond donors (Lipinski definition) is 1. The van der Waals surface area contributed by atoms with E-state index in [9.17, 15) is 27.6 Å². The van der Waals surface area contributed by atoms with E-state index >= 15 is 0 Å². The van der Waals surface area contributed by atoms with Gasteiger partial charge in [0.05, 0.1) is 17.7 Å². The van der Waals surface area contributed by atoms with E-state index in [2.05, 4.69) is 10.3 Å². The number of alkyl halides is 3. The molecule has 0 radical (unpaired) electrons. The molecule has 4 rings (SSSR count). The molecule has 2 fully saturated rings. The lowest BCUT2D eigenvalue weighted by Crippen LogP contribution is -2.51. The normalized spacial score (nSPS) is 16.8. The Hall–Kier alpha value is -3.35. The van der Waals surface area contributed by atoms with Crippen molar-refractivity contribution in [2.75, 3.05) is 62.6 Å². The third-order valence-corrected chi connectivity index (χ3v) is 7.09. The first-order chi connectivity index (χ1) is 17.1. The number of carbonyl (C=O) groups is 3. The van der Waals surface area contributed by atoms with Crippen LogP contribution in [0.25, 0.3) is 0 Å². The number of rotatable bonds is 4. The lowest BCUT2D eigenvalue weighted by Gasteiger charge is -2.36. The molecule has 1 N–H and O–H groups in total. The van der Waals surface area contributed by atoms with Crippen molar-refractivity contribution in [3.63, 3.8) is 0 Å². The van der Waals surface area contributed by atoms with Crippen molar-refractivity contribution in [3.05, 3.63) is 40.9 Å². The van der Waals surface area contributed by atoms with Crippen LogP contribution in [0.4, 0.5) is 28.8 Å².